The topological polar surface area (TPSA) is 37.8 Å². The molecule has 0 bridgehead atoms. The van der Waals surface area contributed by atoms with E-state index in [1.54, 1.807) is 6.07 Å². The average Bonchev–Trinajstić information content (AvgIpc) is 2.36. The minimum absolute atomic E-state index is 0.0464. The van der Waals surface area contributed by atoms with E-state index in [1.165, 1.54) is 18.3 Å². The van der Waals surface area contributed by atoms with Gasteiger partial charge >= 0.3 is 6.18 Å². The first-order valence-corrected chi connectivity index (χ1v) is 6.20. The maximum Gasteiger partial charge on any atom is 0.417 e. The molecule has 2 rings (SSSR count). The Labute approximate surface area is 122 Å². The first-order valence-electron chi connectivity index (χ1n) is 5.45. The molecule has 8 heteroatoms. The van der Waals surface area contributed by atoms with Crippen molar-refractivity contribution in [2.45, 2.75) is 12.7 Å². The Kier molecular flexibility index (Phi) is 4.35. The maximum atomic E-state index is 12.7. The summed E-state index contributed by atoms with van der Waals surface area (Å²) in [5.74, 6) is 0.401. The number of alkyl halides is 3. The highest BCUT2D eigenvalue weighted by Crippen LogP contribution is 2.36. The first kappa shape index (κ1) is 14.9. The highest BCUT2D eigenvalue weighted by Gasteiger charge is 2.33. The van der Waals surface area contributed by atoms with E-state index in [4.69, 9.17) is 23.2 Å². The van der Waals surface area contributed by atoms with Gasteiger partial charge < -0.3 is 5.32 Å². The van der Waals surface area contributed by atoms with Crippen molar-refractivity contribution in [2.24, 2.45) is 0 Å². The average molecular weight is 322 g/mol. The Balaban J connectivity index is 2.18. The molecule has 0 aliphatic heterocycles. The number of hydrogen-bond acceptors (Lipinski definition) is 3. The predicted molar refractivity (Wildman–Crippen MR) is 70.8 cm³/mol. The van der Waals surface area contributed by atoms with Crippen LogP contribution in [0.4, 0.5) is 19.0 Å². The zero-order valence-corrected chi connectivity index (χ0v) is 11.4. The molecule has 1 heterocycles. The van der Waals surface area contributed by atoms with Crippen LogP contribution in [0.5, 0.6) is 0 Å². The number of anilines is 1. The molecule has 0 spiro atoms. The van der Waals surface area contributed by atoms with E-state index in [2.05, 4.69) is 15.3 Å². The number of halogens is 5. The molecule has 0 radical (unpaired) electrons. The molecule has 0 fully saturated rings. The summed E-state index contributed by atoms with van der Waals surface area (Å²) in [7, 11) is 0. The first-order chi connectivity index (χ1) is 9.38. The van der Waals surface area contributed by atoms with E-state index in [1.807, 2.05) is 0 Å². The molecule has 1 N–H and O–H groups in total. The predicted octanol–water partition coefficient (Wildman–Crippen LogP) is 4.41. The third-order valence-corrected chi connectivity index (χ3v) is 3.10. The van der Waals surface area contributed by atoms with Crippen LogP contribution in [0.15, 0.2) is 30.5 Å². The summed E-state index contributed by atoms with van der Waals surface area (Å²) in [6.45, 7) is 0.0933. The molecule has 0 saturated heterocycles. The van der Waals surface area contributed by atoms with Gasteiger partial charge in [0.15, 0.2) is 0 Å². The Morgan fingerprint density at radius 3 is 2.55 bits per heavy atom. The van der Waals surface area contributed by atoms with Gasteiger partial charge in [-0.25, -0.2) is 9.97 Å². The highest BCUT2D eigenvalue weighted by atomic mass is 35.5. The van der Waals surface area contributed by atoms with Gasteiger partial charge in [0.2, 0.25) is 5.28 Å². The number of rotatable bonds is 3. The monoisotopic (exact) mass is 321 g/mol. The van der Waals surface area contributed by atoms with Crippen molar-refractivity contribution in [3.63, 3.8) is 0 Å². The lowest BCUT2D eigenvalue weighted by atomic mass is 10.1. The van der Waals surface area contributed by atoms with Crippen LogP contribution in [-0.4, -0.2) is 9.97 Å². The normalized spacial score (nSPS) is 11.4. The van der Waals surface area contributed by atoms with Crippen molar-refractivity contribution in [2.75, 3.05) is 5.32 Å². The molecule has 0 saturated carbocycles. The Hall–Kier alpha value is -1.53. The van der Waals surface area contributed by atoms with Gasteiger partial charge in [-0.05, 0) is 29.3 Å². The molecule has 0 unspecified atom stereocenters. The molecule has 0 atom stereocenters. The van der Waals surface area contributed by atoms with Crippen LogP contribution in [0.25, 0.3) is 0 Å². The SMILES string of the molecule is FC(F)(F)c1cccc(CNc2ccnc(Cl)n2)c1Cl. The second kappa shape index (κ2) is 5.85. The molecule has 2 aromatic rings. The van der Waals surface area contributed by atoms with Gasteiger partial charge in [-0.1, -0.05) is 23.7 Å². The molecular formula is C12H8Cl2F3N3. The molecule has 1 aromatic carbocycles. The van der Waals surface area contributed by atoms with E-state index < -0.39 is 11.7 Å². The fourth-order valence-electron chi connectivity index (χ4n) is 1.55. The zero-order valence-electron chi connectivity index (χ0n) is 9.88. The molecule has 0 aliphatic carbocycles. The van der Waals surface area contributed by atoms with Crippen LogP contribution in [-0.2, 0) is 12.7 Å². The van der Waals surface area contributed by atoms with Gasteiger partial charge in [0, 0.05) is 12.7 Å². The highest BCUT2D eigenvalue weighted by molar-refractivity contribution is 6.32. The Bertz CT molecular complexity index is 617. The summed E-state index contributed by atoms with van der Waals surface area (Å²) in [6.07, 6.45) is -3.04. The third-order valence-electron chi connectivity index (χ3n) is 2.47. The lowest BCUT2D eigenvalue weighted by molar-refractivity contribution is -0.137. The summed E-state index contributed by atoms with van der Waals surface area (Å²) >= 11 is 11.4. The summed E-state index contributed by atoms with van der Waals surface area (Å²) in [6, 6.07) is 5.30. The van der Waals surface area contributed by atoms with Crippen molar-refractivity contribution in [3.8, 4) is 0 Å². The van der Waals surface area contributed by atoms with E-state index in [0.29, 0.717) is 11.4 Å². The van der Waals surface area contributed by atoms with Crippen molar-refractivity contribution < 1.29 is 13.2 Å². The van der Waals surface area contributed by atoms with Crippen molar-refractivity contribution in [3.05, 3.63) is 51.9 Å². The quantitative estimate of drug-likeness (QED) is 0.851. The Morgan fingerprint density at radius 2 is 1.90 bits per heavy atom. The van der Waals surface area contributed by atoms with Crippen LogP contribution < -0.4 is 5.32 Å². The Morgan fingerprint density at radius 1 is 1.15 bits per heavy atom. The van der Waals surface area contributed by atoms with Gasteiger partial charge in [0.25, 0.3) is 0 Å². The minimum Gasteiger partial charge on any atom is -0.366 e. The molecule has 106 valence electrons. The van der Waals surface area contributed by atoms with Crippen LogP contribution in [0.2, 0.25) is 10.3 Å². The maximum absolute atomic E-state index is 12.7. The molecular weight excluding hydrogens is 314 g/mol. The van der Waals surface area contributed by atoms with E-state index in [9.17, 15) is 13.2 Å². The summed E-state index contributed by atoms with van der Waals surface area (Å²) in [5.41, 5.74) is -0.546. The second-order valence-corrected chi connectivity index (χ2v) is 4.56. The summed E-state index contributed by atoms with van der Waals surface area (Å²) < 4.78 is 38.1. The molecule has 0 amide bonds. The smallest absolute Gasteiger partial charge is 0.366 e. The fourth-order valence-corrected chi connectivity index (χ4v) is 2.00. The molecule has 1 aromatic heterocycles. The summed E-state index contributed by atoms with van der Waals surface area (Å²) in [4.78, 5) is 7.57. The zero-order chi connectivity index (χ0) is 14.8. The molecule has 3 nitrogen and oxygen atoms in total. The van der Waals surface area contributed by atoms with Gasteiger partial charge in [0.05, 0.1) is 10.6 Å². The molecule has 0 aliphatic rings. The van der Waals surface area contributed by atoms with Crippen molar-refractivity contribution >= 4 is 29.0 Å². The minimum atomic E-state index is -4.48. The number of benzene rings is 1. The van der Waals surface area contributed by atoms with Crippen LogP contribution >= 0.6 is 23.2 Å². The second-order valence-electron chi connectivity index (χ2n) is 3.84. The third kappa shape index (κ3) is 3.52. The number of nitrogens with zero attached hydrogens (tertiary/aromatic N) is 2. The number of nitrogens with one attached hydrogen (secondary N) is 1. The van der Waals surface area contributed by atoms with Crippen molar-refractivity contribution in [1.82, 2.24) is 9.97 Å². The fraction of sp³-hybridized carbons (Fsp3) is 0.167. The summed E-state index contributed by atoms with van der Waals surface area (Å²) in [5, 5.41) is 2.55. The van der Waals surface area contributed by atoms with Gasteiger partial charge in [-0.2, -0.15) is 13.2 Å². The van der Waals surface area contributed by atoms with Gasteiger partial charge in [-0.3, -0.25) is 0 Å². The van der Waals surface area contributed by atoms with E-state index in [-0.39, 0.29) is 16.9 Å². The van der Waals surface area contributed by atoms with Gasteiger partial charge in [0.1, 0.15) is 5.82 Å². The van der Waals surface area contributed by atoms with E-state index in [0.717, 1.165) is 6.07 Å². The van der Waals surface area contributed by atoms with E-state index >= 15 is 0 Å². The van der Waals surface area contributed by atoms with Crippen LogP contribution in [0, 0.1) is 0 Å². The van der Waals surface area contributed by atoms with Crippen molar-refractivity contribution in [1.29, 1.82) is 0 Å². The molecule has 20 heavy (non-hydrogen) atoms. The standard InChI is InChI=1S/C12H8Cl2F3N3/c13-10-7(2-1-3-8(10)12(15,16)17)6-19-9-4-5-18-11(14)20-9/h1-5H,6H2,(H,18,19,20). The van der Waals surface area contributed by atoms with Crippen LogP contribution in [0.3, 0.4) is 0 Å². The number of hydrogen-bond donors (Lipinski definition) is 1. The number of aromatic nitrogens is 2. The largest absolute Gasteiger partial charge is 0.417 e. The lowest BCUT2D eigenvalue weighted by Gasteiger charge is -2.13. The lowest BCUT2D eigenvalue weighted by Crippen LogP contribution is -2.09. The van der Waals surface area contributed by atoms with Gasteiger partial charge in [-0.15, -0.1) is 0 Å². The van der Waals surface area contributed by atoms with Crippen LogP contribution in [0.1, 0.15) is 11.1 Å².